The van der Waals surface area contributed by atoms with E-state index in [1.54, 1.807) is 33.8 Å². The number of carbonyl (C=O) groups is 2. The predicted octanol–water partition coefficient (Wildman–Crippen LogP) is 3.46. The molecule has 0 aromatic carbocycles. The summed E-state index contributed by atoms with van der Waals surface area (Å²) in [7, 11) is 0. The maximum atomic E-state index is 12.3. The van der Waals surface area contributed by atoms with E-state index in [0.29, 0.717) is 18.5 Å². The van der Waals surface area contributed by atoms with Crippen LogP contribution in [0.2, 0.25) is 0 Å². The van der Waals surface area contributed by atoms with Crippen LogP contribution in [-0.2, 0) is 14.3 Å². The van der Waals surface area contributed by atoms with Crippen molar-refractivity contribution >= 4 is 12.1 Å². The highest BCUT2D eigenvalue weighted by Crippen LogP contribution is 2.18. The zero-order chi connectivity index (χ0) is 19.8. The minimum Gasteiger partial charge on any atom is -0.457 e. The van der Waals surface area contributed by atoms with E-state index in [9.17, 15) is 9.59 Å². The number of rotatable bonds is 6. The molecule has 1 unspecified atom stereocenters. The Balaban J connectivity index is 5.10. The standard InChI is InChI=1S/C19H34N2O4/c1-9-10-15(20)14(13(2)16(22)24-18(3,4)5)11-12-21-17(23)25-19(6,7)8/h9-10,15H,11-12,20H2,1-8H3,(H,21,23). The van der Waals surface area contributed by atoms with Crippen LogP contribution in [0.25, 0.3) is 0 Å². The van der Waals surface area contributed by atoms with Crippen LogP contribution in [0.5, 0.6) is 0 Å². The van der Waals surface area contributed by atoms with E-state index in [4.69, 9.17) is 15.2 Å². The number of carbonyl (C=O) groups excluding carboxylic acids is 2. The second kappa shape index (κ2) is 9.61. The highest BCUT2D eigenvalue weighted by atomic mass is 16.6. The maximum absolute atomic E-state index is 12.3. The smallest absolute Gasteiger partial charge is 0.407 e. The van der Waals surface area contributed by atoms with Crippen LogP contribution in [0, 0.1) is 0 Å². The molecule has 0 bridgehead atoms. The van der Waals surface area contributed by atoms with E-state index < -0.39 is 29.3 Å². The molecule has 3 N–H and O–H groups in total. The Morgan fingerprint density at radius 1 is 1.08 bits per heavy atom. The first-order valence-electron chi connectivity index (χ1n) is 8.55. The SMILES string of the molecule is CC=CC(N)C(CCNC(=O)OC(C)(C)C)=C(C)C(=O)OC(C)(C)C. The summed E-state index contributed by atoms with van der Waals surface area (Å²) in [5, 5.41) is 2.68. The molecule has 0 saturated carbocycles. The molecule has 0 aromatic heterocycles. The molecule has 25 heavy (non-hydrogen) atoms. The van der Waals surface area contributed by atoms with Crippen molar-refractivity contribution in [2.45, 2.75) is 79.1 Å². The van der Waals surface area contributed by atoms with Crippen LogP contribution in [0.1, 0.15) is 61.8 Å². The molecule has 0 aliphatic heterocycles. The third-order valence-corrected chi connectivity index (χ3v) is 3.05. The zero-order valence-corrected chi connectivity index (χ0v) is 16.9. The van der Waals surface area contributed by atoms with Crippen LogP contribution in [-0.4, -0.2) is 35.9 Å². The molecular formula is C19H34N2O4. The number of allylic oxidation sites excluding steroid dienone is 1. The molecule has 1 amide bonds. The summed E-state index contributed by atoms with van der Waals surface area (Å²) in [4.78, 5) is 24.1. The molecule has 1 atom stereocenters. The number of esters is 1. The van der Waals surface area contributed by atoms with Gasteiger partial charge in [0.1, 0.15) is 11.2 Å². The van der Waals surface area contributed by atoms with E-state index in [-0.39, 0.29) is 0 Å². The normalized spacial score (nSPS) is 14.8. The molecule has 0 fully saturated rings. The van der Waals surface area contributed by atoms with Crippen LogP contribution in [0.15, 0.2) is 23.3 Å². The number of nitrogens with one attached hydrogen (secondary N) is 1. The minimum absolute atomic E-state index is 0.315. The van der Waals surface area contributed by atoms with Gasteiger partial charge in [-0.3, -0.25) is 0 Å². The Morgan fingerprint density at radius 3 is 2.04 bits per heavy atom. The molecule has 6 nitrogen and oxygen atoms in total. The zero-order valence-electron chi connectivity index (χ0n) is 16.9. The molecular weight excluding hydrogens is 320 g/mol. The summed E-state index contributed by atoms with van der Waals surface area (Å²) in [6, 6.07) is -0.419. The van der Waals surface area contributed by atoms with Gasteiger partial charge in [0.25, 0.3) is 0 Å². The van der Waals surface area contributed by atoms with Gasteiger partial charge >= 0.3 is 12.1 Å². The highest BCUT2D eigenvalue weighted by Gasteiger charge is 2.22. The van der Waals surface area contributed by atoms with E-state index >= 15 is 0 Å². The third kappa shape index (κ3) is 10.6. The fraction of sp³-hybridized carbons (Fsp3) is 0.684. The van der Waals surface area contributed by atoms with Gasteiger partial charge in [-0.1, -0.05) is 12.2 Å². The first kappa shape index (κ1) is 23.2. The third-order valence-electron chi connectivity index (χ3n) is 3.05. The summed E-state index contributed by atoms with van der Waals surface area (Å²) >= 11 is 0. The molecule has 144 valence electrons. The van der Waals surface area contributed by atoms with Crippen molar-refractivity contribution in [3.05, 3.63) is 23.3 Å². The molecule has 0 rings (SSSR count). The first-order valence-corrected chi connectivity index (χ1v) is 8.55. The number of ether oxygens (including phenoxy) is 2. The summed E-state index contributed by atoms with van der Waals surface area (Å²) < 4.78 is 10.6. The van der Waals surface area contributed by atoms with Gasteiger partial charge in [-0.15, -0.1) is 0 Å². The lowest BCUT2D eigenvalue weighted by molar-refractivity contribution is -0.149. The van der Waals surface area contributed by atoms with Gasteiger partial charge < -0.3 is 20.5 Å². The monoisotopic (exact) mass is 354 g/mol. The van der Waals surface area contributed by atoms with Crippen LogP contribution in [0.4, 0.5) is 4.79 Å². The van der Waals surface area contributed by atoms with Crippen molar-refractivity contribution < 1.29 is 19.1 Å². The Morgan fingerprint density at radius 2 is 1.60 bits per heavy atom. The Kier molecular flexibility index (Phi) is 8.91. The van der Waals surface area contributed by atoms with Gasteiger partial charge in [0.05, 0.1) is 0 Å². The number of hydrogen-bond donors (Lipinski definition) is 2. The number of hydrogen-bond acceptors (Lipinski definition) is 5. The number of nitrogens with two attached hydrogens (primary N) is 1. The second-order valence-corrected chi connectivity index (χ2v) is 7.88. The maximum Gasteiger partial charge on any atom is 0.407 e. The van der Waals surface area contributed by atoms with Gasteiger partial charge in [0, 0.05) is 18.2 Å². The lowest BCUT2D eigenvalue weighted by atomic mass is 9.98. The molecule has 0 saturated heterocycles. The van der Waals surface area contributed by atoms with Gasteiger partial charge in [0.2, 0.25) is 0 Å². The Labute approximate surface area is 151 Å². The molecule has 0 radical (unpaired) electrons. The lowest BCUT2D eigenvalue weighted by Crippen LogP contribution is -2.34. The highest BCUT2D eigenvalue weighted by molar-refractivity contribution is 5.89. The minimum atomic E-state index is -0.580. The summed E-state index contributed by atoms with van der Waals surface area (Å²) in [5.74, 6) is -0.403. The van der Waals surface area contributed by atoms with Gasteiger partial charge in [-0.05, 0) is 67.4 Å². The first-order chi connectivity index (χ1) is 11.3. The summed E-state index contributed by atoms with van der Waals surface area (Å²) in [5.41, 5.74) is 6.20. The molecule has 0 spiro atoms. The fourth-order valence-electron chi connectivity index (χ4n) is 2.03. The van der Waals surface area contributed by atoms with Gasteiger partial charge in [-0.2, -0.15) is 0 Å². The van der Waals surface area contributed by atoms with Crippen molar-refractivity contribution in [2.75, 3.05) is 6.54 Å². The van der Waals surface area contributed by atoms with Crippen molar-refractivity contribution in [1.29, 1.82) is 0 Å². The number of alkyl carbamates (subject to hydrolysis) is 1. The quantitative estimate of drug-likeness (QED) is 0.433. The summed E-state index contributed by atoms with van der Waals surface area (Å²) in [6.45, 7) is 14.7. The second-order valence-electron chi connectivity index (χ2n) is 7.88. The van der Waals surface area contributed by atoms with Crippen molar-refractivity contribution in [3.63, 3.8) is 0 Å². The molecule has 6 heteroatoms. The topological polar surface area (TPSA) is 90.6 Å². The average Bonchev–Trinajstić information content (AvgIpc) is 2.39. The van der Waals surface area contributed by atoms with Crippen molar-refractivity contribution in [2.24, 2.45) is 5.73 Å². The fourth-order valence-corrected chi connectivity index (χ4v) is 2.03. The van der Waals surface area contributed by atoms with Crippen molar-refractivity contribution in [3.8, 4) is 0 Å². The van der Waals surface area contributed by atoms with Crippen LogP contribution in [0.3, 0.4) is 0 Å². The van der Waals surface area contributed by atoms with Crippen molar-refractivity contribution in [1.82, 2.24) is 5.32 Å². The molecule has 0 heterocycles. The van der Waals surface area contributed by atoms with Gasteiger partial charge in [0.15, 0.2) is 0 Å². The lowest BCUT2D eigenvalue weighted by Gasteiger charge is -2.23. The molecule has 0 aliphatic rings. The number of amides is 1. The van der Waals surface area contributed by atoms with Gasteiger partial charge in [-0.25, -0.2) is 9.59 Å². The van der Waals surface area contributed by atoms with Crippen LogP contribution < -0.4 is 11.1 Å². The molecule has 0 aromatic rings. The van der Waals surface area contributed by atoms with E-state index in [0.717, 1.165) is 5.57 Å². The average molecular weight is 354 g/mol. The van der Waals surface area contributed by atoms with Crippen LogP contribution >= 0.6 is 0 Å². The summed E-state index contributed by atoms with van der Waals surface area (Å²) in [6.07, 6.45) is 3.56. The van der Waals surface area contributed by atoms with E-state index in [1.165, 1.54) is 0 Å². The largest absolute Gasteiger partial charge is 0.457 e. The Bertz CT molecular complexity index is 523. The predicted molar refractivity (Wildman–Crippen MR) is 100 cm³/mol. The Hall–Kier alpha value is -1.82. The van der Waals surface area contributed by atoms with E-state index in [2.05, 4.69) is 5.32 Å². The van der Waals surface area contributed by atoms with E-state index in [1.807, 2.05) is 33.8 Å². The molecule has 0 aliphatic carbocycles.